The molecule has 0 atom stereocenters. The van der Waals surface area contributed by atoms with E-state index in [0.29, 0.717) is 5.39 Å². The molecule has 14 aromatic rings. The Labute approximate surface area is 536 Å². The molecule has 86 heavy (non-hydrogen) atoms. The van der Waals surface area contributed by atoms with E-state index < -0.39 is 17.9 Å². The van der Waals surface area contributed by atoms with Crippen LogP contribution in [-0.4, -0.2) is 63.1 Å². The van der Waals surface area contributed by atoms with Gasteiger partial charge in [-0.05, 0) is 103 Å². The van der Waals surface area contributed by atoms with Gasteiger partial charge in [-0.25, -0.2) is 29.3 Å². The van der Waals surface area contributed by atoms with Crippen LogP contribution >= 0.6 is 0 Å². The molecule has 8 aromatic carbocycles. The summed E-state index contributed by atoms with van der Waals surface area (Å²) >= 11 is 0. The minimum atomic E-state index is -1.000. The molecule has 3 N–H and O–H groups in total. The van der Waals surface area contributed by atoms with Gasteiger partial charge in [0.05, 0.1) is 0 Å². The molecule has 14 rings (SSSR count). The molecule has 12 nitrogen and oxygen atoms in total. The first-order valence-electron chi connectivity index (χ1n) is 25.9. The van der Waals surface area contributed by atoms with Crippen molar-refractivity contribution in [2.75, 3.05) is 0 Å². The van der Waals surface area contributed by atoms with Crippen molar-refractivity contribution in [3.63, 3.8) is 0 Å². The Morgan fingerprint density at radius 1 is 0.291 bits per heavy atom. The fourth-order valence-electron chi connectivity index (χ4n) is 8.49. The van der Waals surface area contributed by atoms with Crippen LogP contribution in [-0.2, 0) is 60.3 Å². The number of carboxylic acids is 3. The number of pyridine rings is 6. The Kier molecular flexibility index (Phi) is 25.6. The van der Waals surface area contributed by atoms with Gasteiger partial charge in [0.25, 0.3) is 0 Å². The Hall–Kier alpha value is -9.68. The van der Waals surface area contributed by atoms with Crippen LogP contribution < -0.4 is 0 Å². The summed E-state index contributed by atoms with van der Waals surface area (Å²) in [5.41, 5.74) is 6.29. The number of carboxylic acid groups (broad SMARTS) is 3. The van der Waals surface area contributed by atoms with Gasteiger partial charge in [-0.3, -0.25) is 0 Å². The van der Waals surface area contributed by atoms with Crippen molar-refractivity contribution >= 4 is 71.8 Å². The van der Waals surface area contributed by atoms with Gasteiger partial charge in [0, 0.05) is 114 Å². The van der Waals surface area contributed by atoms with Crippen molar-refractivity contribution in [2.45, 2.75) is 0 Å². The largest absolute Gasteiger partial charge is 0.477 e. The number of nitrogens with zero attached hydrogens (tertiary/aromatic N) is 6. The molecule has 429 valence electrons. The molecule has 0 unspecified atom stereocenters. The Morgan fingerprint density at radius 3 is 1.13 bits per heavy atom. The molecule has 0 spiro atoms. The maximum absolute atomic E-state index is 10.8. The second-order valence-electron chi connectivity index (χ2n) is 18.0. The molecular weight excluding hydrogens is 1610 g/mol. The van der Waals surface area contributed by atoms with Crippen LogP contribution in [0.25, 0.3) is 87.6 Å². The number of aromatic nitrogens is 6. The van der Waals surface area contributed by atoms with Gasteiger partial charge >= 0.3 is 17.9 Å². The van der Waals surface area contributed by atoms with Crippen LogP contribution in [0.4, 0.5) is 0 Å². The second kappa shape index (κ2) is 33.6. The van der Waals surface area contributed by atoms with Gasteiger partial charge in [0.2, 0.25) is 0 Å². The summed E-state index contributed by atoms with van der Waals surface area (Å²) in [6.45, 7) is 0. The number of hydrogen-bond acceptors (Lipinski definition) is 9. The Morgan fingerprint density at radius 2 is 0.686 bits per heavy atom. The van der Waals surface area contributed by atoms with Crippen LogP contribution in [0.5, 0.6) is 0 Å². The predicted octanol–water partition coefficient (Wildman–Crippen LogP) is 15.7. The monoisotopic (exact) mass is 1660 g/mol. The minimum Gasteiger partial charge on any atom is -0.477 e. The second-order valence-corrected chi connectivity index (χ2v) is 18.0. The molecular formula is C71H49Ir3N6O6-3. The van der Waals surface area contributed by atoms with Gasteiger partial charge in [0.1, 0.15) is 11.4 Å². The van der Waals surface area contributed by atoms with Gasteiger partial charge < -0.3 is 30.3 Å². The van der Waals surface area contributed by atoms with Gasteiger partial charge in [-0.1, -0.05) is 121 Å². The zero-order valence-electron chi connectivity index (χ0n) is 45.3. The van der Waals surface area contributed by atoms with Crippen molar-refractivity contribution < 1.29 is 90.0 Å². The maximum atomic E-state index is 10.8. The molecule has 0 aliphatic heterocycles. The summed E-state index contributed by atoms with van der Waals surface area (Å²) in [6, 6.07) is 86.6. The molecule has 6 heterocycles. The summed E-state index contributed by atoms with van der Waals surface area (Å²) in [4.78, 5) is 56.8. The molecule has 0 aliphatic carbocycles. The quantitative estimate of drug-likeness (QED) is 0.0813. The van der Waals surface area contributed by atoms with E-state index in [1.165, 1.54) is 6.20 Å². The SMILES string of the molecule is O=C(O)c1cc2cc3ccccc3cc2cn1.O=C(O)c1cc2ccc3ccccc3c2cn1.O=C(O)c1nccc2ccccc12.[Ir].[Ir].[Ir].[c-]1ccccc1-c1ccccn1.[c-]1ccccc1-c1ccccn1.[c-]1ccccc1-c1ccccn1. The number of aromatic carboxylic acids is 3. The summed E-state index contributed by atoms with van der Waals surface area (Å²) in [7, 11) is 0. The number of carbonyl (C=O) groups is 3. The first kappa shape index (κ1) is 65.5. The molecule has 15 heteroatoms. The smallest absolute Gasteiger partial charge is 0.355 e. The van der Waals surface area contributed by atoms with Crippen LogP contribution in [0.3, 0.4) is 0 Å². The first-order valence-corrected chi connectivity index (χ1v) is 25.9. The van der Waals surface area contributed by atoms with E-state index in [0.717, 1.165) is 82.2 Å². The van der Waals surface area contributed by atoms with E-state index >= 15 is 0 Å². The molecule has 0 aliphatic rings. The van der Waals surface area contributed by atoms with Gasteiger partial charge in [-0.2, -0.15) is 0 Å². The molecule has 0 saturated heterocycles. The third-order valence-electron chi connectivity index (χ3n) is 12.5. The van der Waals surface area contributed by atoms with Crippen LogP contribution in [0.1, 0.15) is 31.5 Å². The van der Waals surface area contributed by atoms with E-state index in [1.54, 1.807) is 61.3 Å². The molecule has 3 radical (unpaired) electrons. The van der Waals surface area contributed by atoms with Crippen LogP contribution in [0.15, 0.2) is 280 Å². The van der Waals surface area contributed by atoms with Gasteiger partial charge in [-0.15, -0.1) is 108 Å². The average molecular weight is 1660 g/mol. The molecule has 6 aromatic heterocycles. The van der Waals surface area contributed by atoms with Crippen molar-refractivity contribution in [1.82, 2.24) is 29.9 Å². The van der Waals surface area contributed by atoms with Crippen molar-refractivity contribution in [3.8, 4) is 33.8 Å². The van der Waals surface area contributed by atoms with Crippen molar-refractivity contribution in [2.24, 2.45) is 0 Å². The number of fused-ring (bicyclic) bond motifs is 6. The standard InChI is InChI=1S/2C14H9NO2.3C11H8N.C10H7NO2.3Ir/c16-14(17)13-7-11-5-9-3-1-2-4-10(9)6-12(11)8-15-13;16-14(17)13-7-10-6-5-9-3-1-2-4-11(9)12(10)8-15-13;3*1-2-6-10(7-3-1)11-8-4-5-9-12-11;12-10(13)9-8-4-2-1-3-7(8)5-6-11-9;;;/h2*1-8H,(H,16,17);3*1-6,8-9H;1-6H,(H,12,13);;;/q;;3*-1;;;;. The number of benzene rings is 8. The van der Waals surface area contributed by atoms with Crippen LogP contribution in [0.2, 0.25) is 0 Å². The minimum absolute atomic E-state index is 0. The summed E-state index contributed by atoms with van der Waals surface area (Å²) in [5, 5.41) is 36.4. The van der Waals surface area contributed by atoms with Crippen molar-refractivity contribution in [3.05, 3.63) is 315 Å². The molecule has 0 bridgehead atoms. The normalized spacial score (nSPS) is 9.86. The zero-order chi connectivity index (χ0) is 57.6. The number of rotatable bonds is 6. The molecule has 0 fully saturated rings. The average Bonchev–Trinajstić information content (AvgIpc) is 2.79. The predicted molar refractivity (Wildman–Crippen MR) is 327 cm³/mol. The van der Waals surface area contributed by atoms with E-state index in [9.17, 15) is 14.4 Å². The Balaban J connectivity index is 0.000000165. The number of hydrogen-bond donors (Lipinski definition) is 3. The van der Waals surface area contributed by atoms with Crippen molar-refractivity contribution in [1.29, 1.82) is 0 Å². The van der Waals surface area contributed by atoms with E-state index in [1.807, 2.05) is 212 Å². The van der Waals surface area contributed by atoms with E-state index in [4.69, 9.17) is 15.3 Å². The fraction of sp³-hybridized carbons (Fsp3) is 0. The van der Waals surface area contributed by atoms with E-state index in [2.05, 4.69) is 48.1 Å². The molecule has 0 amide bonds. The topological polar surface area (TPSA) is 189 Å². The zero-order valence-corrected chi connectivity index (χ0v) is 52.5. The molecule has 0 saturated carbocycles. The van der Waals surface area contributed by atoms with E-state index in [-0.39, 0.29) is 77.4 Å². The summed E-state index contributed by atoms with van der Waals surface area (Å²) in [5.74, 6) is -2.99. The third-order valence-corrected chi connectivity index (χ3v) is 12.5. The van der Waals surface area contributed by atoms with Crippen LogP contribution in [0, 0.1) is 18.2 Å². The van der Waals surface area contributed by atoms with Gasteiger partial charge in [0.15, 0.2) is 5.69 Å². The fourth-order valence-corrected chi connectivity index (χ4v) is 8.49. The first-order chi connectivity index (χ1) is 40.7. The third kappa shape index (κ3) is 18.2. The Bertz CT molecular complexity index is 4110. The summed E-state index contributed by atoms with van der Waals surface area (Å²) in [6.07, 6.45) is 10.1. The maximum Gasteiger partial charge on any atom is 0.355 e. The summed E-state index contributed by atoms with van der Waals surface area (Å²) < 4.78 is 0.